The number of aromatic nitrogens is 2. The second-order valence-electron chi connectivity index (χ2n) is 8.85. The van der Waals surface area contributed by atoms with Gasteiger partial charge in [0.25, 0.3) is 0 Å². The van der Waals surface area contributed by atoms with Crippen molar-refractivity contribution in [2.45, 2.75) is 19.9 Å². The van der Waals surface area contributed by atoms with Crippen LogP contribution in [0.2, 0.25) is 0 Å². The van der Waals surface area contributed by atoms with E-state index in [1.165, 1.54) is 11.1 Å². The van der Waals surface area contributed by atoms with Gasteiger partial charge in [0.05, 0.1) is 23.4 Å². The molecular weight excluding hydrogens is 448 g/mol. The molecule has 3 aliphatic rings. The van der Waals surface area contributed by atoms with Gasteiger partial charge in [-0.1, -0.05) is 60.7 Å². The van der Waals surface area contributed by atoms with Gasteiger partial charge in [-0.25, -0.2) is 4.98 Å². The predicted molar refractivity (Wildman–Crippen MR) is 143 cm³/mol. The molecule has 0 fully saturated rings. The molecule has 0 atom stereocenters. The average Bonchev–Trinajstić information content (AvgIpc) is 3.28. The van der Waals surface area contributed by atoms with E-state index in [-0.39, 0.29) is 18.2 Å². The third-order valence-electron chi connectivity index (χ3n) is 6.51. The van der Waals surface area contributed by atoms with Crippen LogP contribution in [0.1, 0.15) is 13.3 Å². The number of nitrogens with one attached hydrogen (secondary N) is 1. The monoisotopic (exact) mass is 472 g/mol. The van der Waals surface area contributed by atoms with Gasteiger partial charge >= 0.3 is 0 Å². The van der Waals surface area contributed by atoms with E-state index in [0.29, 0.717) is 17.1 Å². The third-order valence-corrected chi connectivity index (χ3v) is 6.51. The fourth-order valence-corrected chi connectivity index (χ4v) is 4.53. The van der Waals surface area contributed by atoms with Crippen LogP contribution >= 0.6 is 0 Å². The van der Waals surface area contributed by atoms with Crippen molar-refractivity contribution in [1.82, 2.24) is 9.55 Å². The molecule has 1 N–H and O–H groups in total. The largest absolute Gasteiger partial charge is 0.337 e. The highest BCUT2D eigenvalue weighted by atomic mass is 16.2. The number of hydrogen-bond acceptors (Lipinski definition) is 3. The lowest BCUT2D eigenvalue weighted by Crippen LogP contribution is -2.26. The van der Waals surface area contributed by atoms with Crippen molar-refractivity contribution in [2.75, 3.05) is 10.2 Å². The number of hydrogen-bond donors (Lipinski definition) is 1. The Bertz CT molecular complexity index is 1600. The number of carbonyl (C=O) groups excluding carboxylic acids is 2. The van der Waals surface area contributed by atoms with E-state index in [0.717, 1.165) is 28.6 Å². The summed E-state index contributed by atoms with van der Waals surface area (Å²) in [6, 6.07) is 27.9. The number of anilines is 3. The van der Waals surface area contributed by atoms with Crippen LogP contribution < -0.4 is 10.2 Å². The van der Waals surface area contributed by atoms with Gasteiger partial charge in [-0.3, -0.25) is 14.5 Å². The summed E-state index contributed by atoms with van der Waals surface area (Å²) < 4.78 is 2.01. The van der Waals surface area contributed by atoms with Crippen LogP contribution in [0.5, 0.6) is 0 Å². The molecular formula is C30H24N4O2. The molecule has 7 rings (SSSR count). The Labute approximate surface area is 208 Å². The molecule has 2 heterocycles. The van der Waals surface area contributed by atoms with Crippen LogP contribution in [0.25, 0.3) is 33.2 Å². The summed E-state index contributed by atoms with van der Waals surface area (Å²) >= 11 is 0. The van der Waals surface area contributed by atoms with E-state index in [1.54, 1.807) is 11.2 Å². The van der Waals surface area contributed by atoms with Gasteiger partial charge in [0.1, 0.15) is 6.42 Å². The Balaban J connectivity index is 0.000000346. The van der Waals surface area contributed by atoms with Gasteiger partial charge in [-0.05, 0) is 47.7 Å². The first-order chi connectivity index (χ1) is 17.6. The molecule has 176 valence electrons. The van der Waals surface area contributed by atoms with Crippen molar-refractivity contribution in [3.05, 3.63) is 97.5 Å². The van der Waals surface area contributed by atoms with E-state index in [2.05, 4.69) is 41.5 Å². The highest BCUT2D eigenvalue weighted by molar-refractivity contribution is 6.21. The molecule has 3 aromatic carbocycles. The number of benzene rings is 4. The molecule has 2 amide bonds. The number of aryl methyl sites for hydroxylation is 1. The predicted octanol–water partition coefficient (Wildman–Crippen LogP) is 6.40. The second kappa shape index (κ2) is 8.82. The number of imidazole rings is 1. The minimum atomic E-state index is -0.304. The van der Waals surface area contributed by atoms with Crippen molar-refractivity contribution in [3.8, 4) is 22.4 Å². The highest BCUT2D eigenvalue weighted by Crippen LogP contribution is 2.40. The fourth-order valence-electron chi connectivity index (χ4n) is 4.53. The Kier molecular flexibility index (Phi) is 5.34. The lowest BCUT2D eigenvalue weighted by Gasteiger charge is -2.23. The summed E-state index contributed by atoms with van der Waals surface area (Å²) in [5, 5.41) is 4.84. The summed E-state index contributed by atoms with van der Waals surface area (Å²) in [5.41, 5.74) is 6.76. The molecule has 36 heavy (non-hydrogen) atoms. The van der Waals surface area contributed by atoms with E-state index in [9.17, 15) is 9.59 Å². The van der Waals surface area contributed by atoms with Gasteiger partial charge in [-0.2, -0.15) is 0 Å². The first kappa shape index (κ1) is 21.8. The average molecular weight is 473 g/mol. The van der Waals surface area contributed by atoms with Crippen LogP contribution in [0.15, 0.2) is 97.5 Å². The van der Waals surface area contributed by atoms with Crippen molar-refractivity contribution >= 4 is 39.6 Å². The van der Waals surface area contributed by atoms with Crippen molar-refractivity contribution in [3.63, 3.8) is 0 Å². The lowest BCUT2D eigenvalue weighted by molar-refractivity contribution is -0.124. The maximum atomic E-state index is 13.0. The van der Waals surface area contributed by atoms with Gasteiger partial charge in [0, 0.05) is 29.4 Å². The Morgan fingerprint density at radius 2 is 1.64 bits per heavy atom. The van der Waals surface area contributed by atoms with Crippen LogP contribution in [-0.4, -0.2) is 21.4 Å². The molecule has 6 nitrogen and oxygen atoms in total. The quantitative estimate of drug-likeness (QED) is 0.303. The Hall–Kier alpha value is -4.71. The minimum absolute atomic E-state index is 0.203. The van der Waals surface area contributed by atoms with Gasteiger partial charge in [-0.15, -0.1) is 0 Å². The second-order valence-corrected chi connectivity index (χ2v) is 8.85. The number of nitrogens with zero attached hydrogens (tertiary/aromatic N) is 3. The fraction of sp³-hybridized carbons (Fsp3) is 0.100. The number of fused-ring (bicyclic) bond motifs is 4. The van der Waals surface area contributed by atoms with Crippen LogP contribution in [0.3, 0.4) is 0 Å². The number of carbonyl (C=O) groups is 2. The van der Waals surface area contributed by atoms with Crippen LogP contribution in [-0.2, 0) is 16.1 Å². The standard InChI is InChI=1S/C24H20N4O2.C6H4/c1-2-27-14-20(25-15-27)17-7-10-18(11-8-17)28-21-12-9-16-5-3-4-6-19(16)24(21)26-22(29)13-23(28)30;1-2-5-4-6(5)3-1/h3-12,14-15H,2,13H2,1H3,(H,26,29);1-4H. The van der Waals surface area contributed by atoms with E-state index < -0.39 is 0 Å². The minimum Gasteiger partial charge on any atom is -0.337 e. The maximum absolute atomic E-state index is 13.0. The summed E-state index contributed by atoms with van der Waals surface area (Å²) in [7, 11) is 0. The maximum Gasteiger partial charge on any atom is 0.241 e. The first-order valence-electron chi connectivity index (χ1n) is 12.0. The molecule has 0 unspecified atom stereocenters. The van der Waals surface area contributed by atoms with E-state index in [4.69, 9.17) is 0 Å². The Morgan fingerprint density at radius 3 is 2.31 bits per heavy atom. The highest BCUT2D eigenvalue weighted by Gasteiger charge is 2.28. The lowest BCUT2D eigenvalue weighted by atomic mass is 10.1. The Morgan fingerprint density at radius 1 is 0.861 bits per heavy atom. The summed E-state index contributed by atoms with van der Waals surface area (Å²) in [6.07, 6.45) is 3.60. The van der Waals surface area contributed by atoms with Crippen molar-refractivity contribution in [1.29, 1.82) is 0 Å². The molecule has 0 radical (unpaired) electrons. The van der Waals surface area contributed by atoms with Crippen LogP contribution in [0.4, 0.5) is 17.1 Å². The molecule has 0 saturated heterocycles. The number of rotatable bonds is 3. The van der Waals surface area contributed by atoms with Crippen LogP contribution in [0, 0.1) is 0 Å². The SMILES string of the molecule is CCn1cnc(-c2ccc(N3C(=O)CC(=O)Nc4c3ccc3ccccc43)cc2)c1.c1cc2cc-2c1. The van der Waals surface area contributed by atoms with Crippen molar-refractivity contribution < 1.29 is 9.59 Å². The molecule has 0 spiro atoms. The summed E-state index contributed by atoms with van der Waals surface area (Å²) in [5.74, 6) is -0.564. The molecule has 6 heteroatoms. The zero-order chi connectivity index (χ0) is 24.6. The van der Waals surface area contributed by atoms with Crippen molar-refractivity contribution in [2.24, 2.45) is 0 Å². The van der Waals surface area contributed by atoms with E-state index >= 15 is 0 Å². The number of amides is 2. The summed E-state index contributed by atoms with van der Waals surface area (Å²) in [6.45, 7) is 2.93. The van der Waals surface area contributed by atoms with Gasteiger partial charge in [0.2, 0.25) is 11.8 Å². The summed E-state index contributed by atoms with van der Waals surface area (Å²) in [4.78, 5) is 31.4. The smallest absolute Gasteiger partial charge is 0.241 e. The normalized spacial score (nSPS) is 13.4. The molecule has 0 saturated carbocycles. The molecule has 4 aromatic rings. The molecule has 1 aliphatic heterocycles. The topological polar surface area (TPSA) is 67.2 Å². The zero-order valence-corrected chi connectivity index (χ0v) is 19.8. The van der Waals surface area contributed by atoms with E-state index in [1.807, 2.05) is 71.4 Å². The van der Waals surface area contributed by atoms with Gasteiger partial charge < -0.3 is 9.88 Å². The zero-order valence-electron chi connectivity index (χ0n) is 19.8. The first-order valence-corrected chi connectivity index (χ1v) is 12.0. The molecule has 0 bridgehead atoms. The molecule has 2 aliphatic carbocycles. The molecule has 1 aromatic heterocycles. The third kappa shape index (κ3) is 4.03. The van der Waals surface area contributed by atoms with Gasteiger partial charge in [0.15, 0.2) is 0 Å².